The van der Waals surface area contributed by atoms with Crippen LogP contribution < -0.4 is 9.62 Å². The van der Waals surface area contributed by atoms with E-state index in [0.717, 1.165) is 56.7 Å². The first kappa shape index (κ1) is 22.6. The first-order valence-corrected chi connectivity index (χ1v) is 11.7. The van der Waals surface area contributed by atoms with Crippen LogP contribution in [-0.2, 0) is 19.6 Å². The van der Waals surface area contributed by atoms with Crippen LogP contribution in [-0.4, -0.2) is 70.9 Å². The monoisotopic (exact) mass is 411 g/mol. The lowest BCUT2D eigenvalue weighted by Gasteiger charge is -2.31. The Balaban J connectivity index is 2.04. The van der Waals surface area contributed by atoms with Crippen LogP contribution in [0.3, 0.4) is 0 Å². The first-order chi connectivity index (χ1) is 13.2. The third kappa shape index (κ3) is 6.46. The van der Waals surface area contributed by atoms with E-state index in [1.165, 1.54) is 4.31 Å². The van der Waals surface area contributed by atoms with Crippen molar-refractivity contribution in [2.75, 3.05) is 50.0 Å². The summed E-state index contributed by atoms with van der Waals surface area (Å²) in [5.41, 5.74) is 2.46. The highest BCUT2D eigenvalue weighted by Crippen LogP contribution is 2.25. The highest BCUT2D eigenvalue weighted by Gasteiger charge is 2.31. The van der Waals surface area contributed by atoms with E-state index in [0.29, 0.717) is 18.7 Å². The summed E-state index contributed by atoms with van der Waals surface area (Å²) in [6.07, 6.45) is 2.37. The normalized spacial score (nSPS) is 16.6. The van der Waals surface area contributed by atoms with Gasteiger partial charge in [-0.3, -0.25) is 14.0 Å². The molecule has 28 heavy (non-hydrogen) atoms. The van der Waals surface area contributed by atoms with Gasteiger partial charge in [0.2, 0.25) is 15.9 Å². The van der Waals surface area contributed by atoms with Gasteiger partial charge in [0, 0.05) is 19.6 Å². The van der Waals surface area contributed by atoms with E-state index >= 15 is 0 Å². The van der Waals surface area contributed by atoms with Gasteiger partial charge in [0.25, 0.3) is 0 Å². The number of aryl methyl sites for hydroxylation is 2. The van der Waals surface area contributed by atoms with Crippen molar-refractivity contribution < 1.29 is 17.9 Å². The predicted octanol–water partition coefficient (Wildman–Crippen LogP) is 1.69. The van der Waals surface area contributed by atoms with Gasteiger partial charge >= 0.3 is 0 Å². The Morgan fingerprint density at radius 2 is 1.82 bits per heavy atom. The number of amides is 1. The minimum absolute atomic E-state index is 0.255. The Labute approximate surface area is 169 Å². The van der Waals surface area contributed by atoms with Gasteiger partial charge in [-0.05, 0) is 56.5 Å². The van der Waals surface area contributed by atoms with Crippen molar-refractivity contribution in [2.45, 2.75) is 39.7 Å². The van der Waals surface area contributed by atoms with Gasteiger partial charge in [0.05, 0.1) is 25.2 Å². The molecule has 0 bridgehead atoms. The maximum absolute atomic E-state index is 12.8. The molecular formula is C20H33N3O4S. The van der Waals surface area contributed by atoms with Gasteiger partial charge < -0.3 is 10.1 Å². The molecule has 1 saturated heterocycles. The molecule has 1 atom stereocenters. The molecule has 7 nitrogen and oxygen atoms in total. The van der Waals surface area contributed by atoms with Crippen molar-refractivity contribution in [3.05, 3.63) is 29.3 Å². The molecule has 1 aromatic rings. The Morgan fingerprint density at radius 1 is 1.21 bits per heavy atom. The molecule has 2 rings (SSSR count). The minimum Gasteiger partial charge on any atom is -0.379 e. The molecule has 8 heteroatoms. The van der Waals surface area contributed by atoms with Crippen molar-refractivity contribution in [3.8, 4) is 0 Å². The van der Waals surface area contributed by atoms with Crippen LogP contribution in [0.5, 0.6) is 0 Å². The number of benzene rings is 1. The van der Waals surface area contributed by atoms with Crippen molar-refractivity contribution in [1.29, 1.82) is 0 Å². The summed E-state index contributed by atoms with van der Waals surface area (Å²) >= 11 is 0. The topological polar surface area (TPSA) is 79.0 Å². The zero-order valence-corrected chi connectivity index (χ0v) is 18.2. The Morgan fingerprint density at radius 3 is 2.36 bits per heavy atom. The molecule has 0 aliphatic carbocycles. The van der Waals surface area contributed by atoms with Crippen molar-refractivity contribution in [1.82, 2.24) is 10.2 Å². The van der Waals surface area contributed by atoms with E-state index in [2.05, 4.69) is 10.2 Å². The maximum atomic E-state index is 12.8. The van der Waals surface area contributed by atoms with E-state index in [-0.39, 0.29) is 5.91 Å². The molecule has 1 aliphatic heterocycles. The molecule has 1 N–H and O–H groups in total. The van der Waals surface area contributed by atoms with E-state index in [1.807, 2.05) is 39.0 Å². The van der Waals surface area contributed by atoms with Gasteiger partial charge in [-0.1, -0.05) is 13.0 Å². The molecular weight excluding hydrogens is 378 g/mol. The van der Waals surface area contributed by atoms with Gasteiger partial charge in [-0.2, -0.15) is 0 Å². The molecule has 1 fully saturated rings. The number of carbonyl (C=O) groups is 1. The zero-order chi connectivity index (χ0) is 20.7. The third-order valence-corrected chi connectivity index (χ3v) is 6.02. The van der Waals surface area contributed by atoms with Crippen LogP contribution in [0.15, 0.2) is 18.2 Å². The molecule has 1 aromatic carbocycles. The van der Waals surface area contributed by atoms with Crippen LogP contribution in [0.2, 0.25) is 0 Å². The van der Waals surface area contributed by atoms with Gasteiger partial charge in [0.1, 0.15) is 6.04 Å². The number of hydrogen-bond donors (Lipinski definition) is 1. The van der Waals surface area contributed by atoms with E-state index in [9.17, 15) is 13.2 Å². The minimum atomic E-state index is -3.61. The average molecular weight is 412 g/mol. The fourth-order valence-corrected chi connectivity index (χ4v) is 4.79. The van der Waals surface area contributed by atoms with E-state index in [1.54, 1.807) is 0 Å². The lowest BCUT2D eigenvalue weighted by Crippen LogP contribution is -2.49. The fraction of sp³-hybridized carbons (Fsp3) is 0.650. The van der Waals surface area contributed by atoms with Gasteiger partial charge in [-0.15, -0.1) is 0 Å². The summed E-state index contributed by atoms with van der Waals surface area (Å²) < 4.78 is 31.6. The fourth-order valence-electron chi connectivity index (χ4n) is 3.59. The second-order valence-corrected chi connectivity index (χ2v) is 9.29. The number of carbonyl (C=O) groups excluding carboxylic acids is 1. The molecule has 0 aromatic heterocycles. The van der Waals surface area contributed by atoms with E-state index in [4.69, 9.17) is 4.74 Å². The predicted molar refractivity (Wildman–Crippen MR) is 112 cm³/mol. The Hall–Kier alpha value is -1.64. The smallest absolute Gasteiger partial charge is 0.243 e. The number of morpholine rings is 1. The summed E-state index contributed by atoms with van der Waals surface area (Å²) in [5.74, 6) is -0.255. The highest BCUT2D eigenvalue weighted by molar-refractivity contribution is 7.92. The average Bonchev–Trinajstić information content (AvgIpc) is 2.61. The Kier molecular flexibility index (Phi) is 8.27. The largest absolute Gasteiger partial charge is 0.379 e. The van der Waals surface area contributed by atoms with E-state index < -0.39 is 16.1 Å². The molecule has 158 valence electrons. The lowest BCUT2D eigenvalue weighted by molar-refractivity contribution is -0.122. The molecule has 0 radical (unpaired) electrons. The van der Waals surface area contributed by atoms with Crippen LogP contribution >= 0.6 is 0 Å². The zero-order valence-electron chi connectivity index (χ0n) is 17.4. The number of nitrogens with one attached hydrogen (secondary N) is 1. The van der Waals surface area contributed by atoms with Crippen LogP contribution in [0.1, 0.15) is 30.9 Å². The number of sulfonamides is 1. The summed E-state index contributed by atoms with van der Waals surface area (Å²) in [6, 6.07) is 4.83. The number of nitrogens with zero attached hydrogens (tertiary/aromatic N) is 2. The number of ether oxygens (including phenoxy) is 1. The number of rotatable bonds is 9. The molecule has 0 saturated carbocycles. The summed E-state index contributed by atoms with van der Waals surface area (Å²) in [5, 5.41) is 2.92. The van der Waals surface area contributed by atoms with Crippen molar-refractivity contribution >= 4 is 21.6 Å². The summed E-state index contributed by atoms with van der Waals surface area (Å²) in [4.78, 5) is 15.1. The molecule has 1 amide bonds. The van der Waals surface area contributed by atoms with Crippen LogP contribution in [0.4, 0.5) is 5.69 Å². The molecule has 1 unspecified atom stereocenters. The number of hydrogen-bond acceptors (Lipinski definition) is 5. The van der Waals surface area contributed by atoms with Gasteiger partial charge in [-0.25, -0.2) is 8.42 Å². The SMILES string of the molecule is CCC(C(=O)NCCCN1CCOCC1)N(c1cc(C)cc(C)c1)S(C)(=O)=O. The van der Waals surface area contributed by atoms with Crippen molar-refractivity contribution in [3.63, 3.8) is 0 Å². The molecule has 1 aliphatic rings. The molecule has 0 spiro atoms. The quantitative estimate of drug-likeness (QED) is 0.626. The standard InChI is InChI=1S/C20H33N3O4S/c1-5-19(20(24)21-7-6-8-22-9-11-27-12-10-22)23(28(4,25)26)18-14-16(2)13-17(3)15-18/h13-15,19H,5-12H2,1-4H3,(H,21,24). The number of anilines is 1. The second-order valence-electron chi connectivity index (χ2n) is 7.43. The van der Waals surface area contributed by atoms with Crippen LogP contribution in [0, 0.1) is 13.8 Å². The maximum Gasteiger partial charge on any atom is 0.243 e. The Bertz CT molecular complexity index is 740. The van der Waals surface area contributed by atoms with Crippen molar-refractivity contribution in [2.24, 2.45) is 0 Å². The first-order valence-electron chi connectivity index (χ1n) is 9.88. The lowest BCUT2D eigenvalue weighted by atomic mass is 10.1. The second kappa shape index (κ2) is 10.2. The van der Waals surface area contributed by atoms with Gasteiger partial charge in [0.15, 0.2) is 0 Å². The third-order valence-electron chi connectivity index (χ3n) is 4.84. The highest BCUT2D eigenvalue weighted by atomic mass is 32.2. The summed E-state index contributed by atoms with van der Waals surface area (Å²) in [7, 11) is -3.61. The van der Waals surface area contributed by atoms with Crippen LogP contribution in [0.25, 0.3) is 0 Å². The molecule has 1 heterocycles. The summed E-state index contributed by atoms with van der Waals surface area (Å²) in [6.45, 7) is 10.4.